The highest BCUT2D eigenvalue weighted by atomic mass is 16.3. The molecular weight excluding hydrogens is 288 g/mol. The summed E-state index contributed by atoms with van der Waals surface area (Å²) in [6.07, 6.45) is 2.42. The summed E-state index contributed by atoms with van der Waals surface area (Å²) in [6, 6.07) is 11.8. The molecule has 0 unspecified atom stereocenters. The van der Waals surface area contributed by atoms with Gasteiger partial charge in [0, 0.05) is 12.1 Å². The van der Waals surface area contributed by atoms with E-state index in [1.165, 1.54) is 12.8 Å². The van der Waals surface area contributed by atoms with Crippen LogP contribution in [0.1, 0.15) is 46.3 Å². The number of nitrogens with zero attached hydrogens (tertiary/aromatic N) is 1. The zero-order valence-electron chi connectivity index (χ0n) is 13.8. The highest BCUT2D eigenvalue weighted by Crippen LogP contribution is 2.26. The molecule has 1 saturated heterocycles. The summed E-state index contributed by atoms with van der Waals surface area (Å²) < 4.78 is 5.82. The number of carbonyl (C=O) groups is 1. The molecule has 122 valence electrons. The first-order valence-corrected chi connectivity index (χ1v) is 8.29. The van der Waals surface area contributed by atoms with Gasteiger partial charge in [-0.3, -0.25) is 9.69 Å². The number of furan rings is 1. The van der Waals surface area contributed by atoms with Gasteiger partial charge in [-0.25, -0.2) is 0 Å². The summed E-state index contributed by atoms with van der Waals surface area (Å²) in [5.74, 6) is 1.82. The van der Waals surface area contributed by atoms with E-state index in [0.29, 0.717) is 12.1 Å². The lowest BCUT2D eigenvalue weighted by Crippen LogP contribution is -2.36. The van der Waals surface area contributed by atoms with Crippen molar-refractivity contribution in [1.82, 2.24) is 10.2 Å². The van der Waals surface area contributed by atoms with Gasteiger partial charge < -0.3 is 9.73 Å². The third kappa shape index (κ3) is 3.82. The van der Waals surface area contributed by atoms with E-state index in [0.717, 1.165) is 30.2 Å². The predicted octanol–water partition coefficient (Wildman–Crippen LogP) is 3.46. The van der Waals surface area contributed by atoms with Gasteiger partial charge in [-0.05, 0) is 64.0 Å². The Hall–Kier alpha value is -2.07. The van der Waals surface area contributed by atoms with Gasteiger partial charge in [0.05, 0.1) is 6.04 Å². The third-order valence-electron chi connectivity index (χ3n) is 4.44. The van der Waals surface area contributed by atoms with Gasteiger partial charge in [-0.2, -0.15) is 0 Å². The molecule has 1 fully saturated rings. The largest absolute Gasteiger partial charge is 0.465 e. The molecule has 0 aliphatic carbocycles. The minimum atomic E-state index is -0.0301. The molecule has 1 aliphatic heterocycles. The second kappa shape index (κ2) is 7.01. The van der Waals surface area contributed by atoms with Crippen molar-refractivity contribution in [3.8, 4) is 0 Å². The Kier molecular flexibility index (Phi) is 4.82. The Morgan fingerprint density at radius 3 is 2.43 bits per heavy atom. The molecule has 0 radical (unpaired) electrons. The summed E-state index contributed by atoms with van der Waals surface area (Å²) in [5.41, 5.74) is 1.86. The van der Waals surface area contributed by atoms with Crippen LogP contribution >= 0.6 is 0 Å². The molecule has 0 spiro atoms. The first-order chi connectivity index (χ1) is 11.1. The van der Waals surface area contributed by atoms with Gasteiger partial charge in [0.2, 0.25) is 0 Å². The van der Waals surface area contributed by atoms with Crippen LogP contribution in [0.15, 0.2) is 40.8 Å². The lowest BCUT2D eigenvalue weighted by Gasteiger charge is -2.26. The Morgan fingerprint density at radius 1 is 1.13 bits per heavy atom. The van der Waals surface area contributed by atoms with Crippen LogP contribution in [0.5, 0.6) is 0 Å². The van der Waals surface area contributed by atoms with E-state index in [2.05, 4.69) is 10.2 Å². The number of rotatable bonds is 5. The van der Waals surface area contributed by atoms with Crippen LogP contribution in [-0.4, -0.2) is 30.4 Å². The SMILES string of the molecule is Cc1ccc(C(=O)NC[C@H](c2ccc(C)o2)N2CCCC2)cc1. The Morgan fingerprint density at radius 2 is 1.83 bits per heavy atom. The number of likely N-dealkylation sites (tertiary alicyclic amines) is 1. The number of hydrogen-bond acceptors (Lipinski definition) is 3. The van der Waals surface area contributed by atoms with Gasteiger partial charge in [-0.1, -0.05) is 17.7 Å². The third-order valence-corrected chi connectivity index (χ3v) is 4.44. The topological polar surface area (TPSA) is 45.5 Å². The van der Waals surface area contributed by atoms with Crippen molar-refractivity contribution >= 4 is 5.91 Å². The molecule has 1 N–H and O–H groups in total. The molecule has 4 heteroatoms. The summed E-state index contributed by atoms with van der Waals surface area (Å²) in [6.45, 7) is 6.66. The van der Waals surface area contributed by atoms with Crippen LogP contribution in [-0.2, 0) is 0 Å². The van der Waals surface area contributed by atoms with E-state index in [4.69, 9.17) is 4.42 Å². The Bertz CT molecular complexity index is 654. The number of carbonyl (C=O) groups excluding carboxylic acids is 1. The van der Waals surface area contributed by atoms with Crippen molar-refractivity contribution in [2.45, 2.75) is 32.7 Å². The van der Waals surface area contributed by atoms with Crippen molar-refractivity contribution in [1.29, 1.82) is 0 Å². The van der Waals surface area contributed by atoms with Crippen LogP contribution in [0.4, 0.5) is 0 Å². The molecule has 1 aromatic carbocycles. The minimum absolute atomic E-state index is 0.0301. The predicted molar refractivity (Wildman–Crippen MR) is 90.5 cm³/mol. The van der Waals surface area contributed by atoms with E-state index in [1.807, 2.05) is 50.2 Å². The van der Waals surface area contributed by atoms with Crippen LogP contribution < -0.4 is 5.32 Å². The molecule has 2 heterocycles. The second-order valence-corrected chi connectivity index (χ2v) is 6.28. The molecule has 2 aromatic rings. The maximum absolute atomic E-state index is 12.4. The van der Waals surface area contributed by atoms with Crippen LogP contribution in [0.2, 0.25) is 0 Å². The maximum Gasteiger partial charge on any atom is 0.251 e. The molecular formula is C19H24N2O2. The van der Waals surface area contributed by atoms with E-state index in [-0.39, 0.29) is 11.9 Å². The van der Waals surface area contributed by atoms with Crippen molar-refractivity contribution in [3.63, 3.8) is 0 Å². The molecule has 4 nitrogen and oxygen atoms in total. The monoisotopic (exact) mass is 312 g/mol. The van der Waals surface area contributed by atoms with Crippen LogP contribution in [0, 0.1) is 13.8 Å². The first-order valence-electron chi connectivity index (χ1n) is 8.29. The van der Waals surface area contributed by atoms with Gasteiger partial charge in [0.15, 0.2) is 0 Å². The summed E-state index contributed by atoms with van der Waals surface area (Å²) in [5, 5.41) is 3.06. The summed E-state index contributed by atoms with van der Waals surface area (Å²) >= 11 is 0. The van der Waals surface area contributed by atoms with E-state index in [9.17, 15) is 4.79 Å². The smallest absolute Gasteiger partial charge is 0.251 e. The van der Waals surface area contributed by atoms with E-state index >= 15 is 0 Å². The first kappa shape index (κ1) is 15.8. The Labute approximate surface area is 137 Å². The highest BCUT2D eigenvalue weighted by Gasteiger charge is 2.26. The maximum atomic E-state index is 12.4. The average molecular weight is 312 g/mol. The molecule has 0 saturated carbocycles. The van der Waals surface area contributed by atoms with E-state index < -0.39 is 0 Å². The second-order valence-electron chi connectivity index (χ2n) is 6.28. The van der Waals surface area contributed by atoms with Gasteiger partial charge in [0.25, 0.3) is 5.91 Å². The molecule has 23 heavy (non-hydrogen) atoms. The average Bonchev–Trinajstić information content (AvgIpc) is 3.20. The number of amides is 1. The fourth-order valence-electron chi connectivity index (χ4n) is 3.09. The molecule has 1 atom stereocenters. The number of hydrogen-bond donors (Lipinski definition) is 1. The van der Waals surface area contributed by atoms with Crippen LogP contribution in [0.3, 0.4) is 0 Å². The fourth-order valence-corrected chi connectivity index (χ4v) is 3.09. The molecule has 1 amide bonds. The van der Waals surface area contributed by atoms with Crippen molar-refractivity contribution in [2.75, 3.05) is 19.6 Å². The molecule has 1 aliphatic rings. The minimum Gasteiger partial charge on any atom is -0.465 e. The summed E-state index contributed by atoms with van der Waals surface area (Å²) in [7, 11) is 0. The van der Waals surface area contributed by atoms with Crippen molar-refractivity contribution < 1.29 is 9.21 Å². The number of nitrogens with one attached hydrogen (secondary N) is 1. The van der Waals surface area contributed by atoms with Crippen molar-refractivity contribution in [2.24, 2.45) is 0 Å². The lowest BCUT2D eigenvalue weighted by molar-refractivity contribution is 0.0933. The molecule has 3 rings (SSSR count). The standard InChI is InChI=1S/C19H24N2O2/c1-14-5-8-16(9-6-14)19(22)20-13-17(21-11-3-4-12-21)18-10-7-15(2)23-18/h5-10,17H,3-4,11-13H2,1-2H3,(H,20,22)/t17-/m1/s1. The quantitative estimate of drug-likeness (QED) is 0.919. The zero-order chi connectivity index (χ0) is 16.2. The molecule has 1 aromatic heterocycles. The number of aryl methyl sites for hydroxylation is 2. The lowest BCUT2D eigenvalue weighted by atomic mass is 10.1. The van der Waals surface area contributed by atoms with E-state index in [1.54, 1.807) is 0 Å². The van der Waals surface area contributed by atoms with Crippen molar-refractivity contribution in [3.05, 3.63) is 59.0 Å². The van der Waals surface area contributed by atoms with Gasteiger partial charge in [0.1, 0.15) is 11.5 Å². The Balaban J connectivity index is 1.68. The fraction of sp³-hybridized carbons (Fsp3) is 0.421. The van der Waals surface area contributed by atoms with Crippen LogP contribution in [0.25, 0.3) is 0 Å². The normalized spacial score (nSPS) is 16.4. The van der Waals surface area contributed by atoms with Gasteiger partial charge in [-0.15, -0.1) is 0 Å². The highest BCUT2D eigenvalue weighted by molar-refractivity contribution is 5.94. The number of benzene rings is 1. The molecule has 0 bridgehead atoms. The summed E-state index contributed by atoms with van der Waals surface area (Å²) in [4.78, 5) is 14.7. The zero-order valence-corrected chi connectivity index (χ0v) is 13.8. The van der Waals surface area contributed by atoms with Gasteiger partial charge >= 0.3 is 0 Å².